The van der Waals surface area contributed by atoms with E-state index in [9.17, 15) is 14.2 Å². The van der Waals surface area contributed by atoms with E-state index in [0.29, 0.717) is 28.2 Å². The second-order valence-corrected chi connectivity index (χ2v) is 9.58. The molecular weight excluding hydrogens is 411 g/mol. The van der Waals surface area contributed by atoms with Gasteiger partial charge in [0.05, 0.1) is 22.6 Å². The number of fused-ring (bicyclic) bond motifs is 2. The predicted octanol–water partition coefficient (Wildman–Crippen LogP) is 4.94. The van der Waals surface area contributed by atoms with Crippen LogP contribution < -0.4 is 5.56 Å². The van der Waals surface area contributed by atoms with Crippen LogP contribution >= 0.6 is 8.46 Å². The third-order valence-corrected chi connectivity index (χ3v) is 5.93. The van der Waals surface area contributed by atoms with E-state index in [4.69, 9.17) is 4.74 Å². The fraction of sp³-hybridized carbons (Fsp3) is 0.375. The number of aromatic nitrogens is 2. The van der Waals surface area contributed by atoms with E-state index in [1.165, 1.54) is 11.1 Å². The van der Waals surface area contributed by atoms with Crippen LogP contribution in [0.4, 0.5) is 0 Å². The lowest BCUT2D eigenvalue weighted by Crippen LogP contribution is -2.23. The van der Waals surface area contributed by atoms with Crippen molar-refractivity contribution in [3.63, 3.8) is 0 Å². The number of ether oxygens (including phenoxy) is 1. The number of hydrogen-bond acceptors (Lipinski definition) is 5. The van der Waals surface area contributed by atoms with Crippen LogP contribution in [0.1, 0.15) is 66.0 Å². The molecule has 1 unspecified atom stereocenters. The molecule has 4 rings (SSSR count). The average Bonchev–Trinajstić information content (AvgIpc) is 3.08. The summed E-state index contributed by atoms with van der Waals surface area (Å²) in [6.45, 7) is 5.56. The standard InChI is InChI=1S/C24H25N2O4P/c1-24(2,3)30-23(28)15-6-4-14(5-7-15)10-16-8-9-17-11-20-19(12-18(16)17)22(27)26-21(25-20)13-31-29/h4-7,11-12,16H,8-10,13H2,1-3H3,(H,25,26,27). The van der Waals surface area contributed by atoms with Gasteiger partial charge >= 0.3 is 5.97 Å². The molecule has 1 heterocycles. The third kappa shape index (κ3) is 4.75. The number of nitrogens with one attached hydrogen (secondary N) is 1. The summed E-state index contributed by atoms with van der Waals surface area (Å²) in [7, 11) is -0.0674. The number of esters is 1. The molecule has 0 saturated heterocycles. The number of nitrogens with zero attached hydrogens (tertiary/aromatic N) is 1. The first-order valence-electron chi connectivity index (χ1n) is 10.4. The molecule has 1 aromatic heterocycles. The van der Waals surface area contributed by atoms with Crippen molar-refractivity contribution >= 4 is 25.3 Å². The first-order chi connectivity index (χ1) is 14.7. The van der Waals surface area contributed by atoms with Gasteiger partial charge in [-0.25, -0.2) is 9.78 Å². The zero-order chi connectivity index (χ0) is 22.2. The lowest BCUT2D eigenvalue weighted by molar-refractivity contribution is 0.00695. The lowest BCUT2D eigenvalue weighted by atomic mass is 9.92. The number of carbonyl (C=O) groups excluding carboxylic acids is 1. The number of hydrogen-bond donors (Lipinski definition) is 1. The molecule has 31 heavy (non-hydrogen) atoms. The summed E-state index contributed by atoms with van der Waals surface area (Å²) in [5.41, 5.74) is 4.03. The highest BCUT2D eigenvalue weighted by Gasteiger charge is 2.25. The highest BCUT2D eigenvalue weighted by Crippen LogP contribution is 2.37. The van der Waals surface area contributed by atoms with E-state index >= 15 is 0 Å². The van der Waals surface area contributed by atoms with Gasteiger partial charge < -0.3 is 9.72 Å². The van der Waals surface area contributed by atoms with E-state index in [0.717, 1.165) is 24.8 Å². The number of aromatic amines is 1. The summed E-state index contributed by atoms with van der Waals surface area (Å²) in [6, 6.07) is 11.5. The molecule has 7 heteroatoms. The second-order valence-electron chi connectivity index (χ2n) is 9.01. The number of benzene rings is 2. The van der Waals surface area contributed by atoms with E-state index in [1.807, 2.05) is 57.2 Å². The summed E-state index contributed by atoms with van der Waals surface area (Å²) in [5.74, 6) is 0.430. The molecule has 160 valence electrons. The van der Waals surface area contributed by atoms with Gasteiger partial charge in [0.1, 0.15) is 11.4 Å². The smallest absolute Gasteiger partial charge is 0.338 e. The summed E-state index contributed by atoms with van der Waals surface area (Å²) < 4.78 is 16.3. The topological polar surface area (TPSA) is 89.1 Å². The van der Waals surface area contributed by atoms with Gasteiger partial charge in [-0.05, 0) is 86.9 Å². The molecule has 6 nitrogen and oxygen atoms in total. The molecular formula is C24H25N2O4P. The molecule has 1 atom stereocenters. The van der Waals surface area contributed by atoms with E-state index in [2.05, 4.69) is 9.97 Å². The summed E-state index contributed by atoms with van der Waals surface area (Å²) in [6.07, 6.45) is 2.98. The Morgan fingerprint density at radius 3 is 2.65 bits per heavy atom. The third-order valence-electron chi connectivity index (χ3n) is 5.50. The van der Waals surface area contributed by atoms with Crippen molar-refractivity contribution in [2.45, 2.75) is 57.7 Å². The first kappa shape index (κ1) is 21.4. The molecule has 2 aromatic carbocycles. The number of rotatable bonds is 5. The second kappa shape index (κ2) is 8.35. The maximum atomic E-state index is 12.5. The monoisotopic (exact) mass is 436 g/mol. The van der Waals surface area contributed by atoms with E-state index < -0.39 is 5.60 Å². The Labute approximate surface area is 182 Å². The van der Waals surface area contributed by atoms with E-state index in [1.54, 1.807) is 0 Å². The Hall–Kier alpha value is -2.85. The van der Waals surface area contributed by atoms with Crippen LogP contribution in [0.2, 0.25) is 0 Å². The molecule has 1 N–H and O–H groups in total. The molecule has 0 bridgehead atoms. The molecule has 0 spiro atoms. The van der Waals surface area contributed by atoms with E-state index in [-0.39, 0.29) is 26.2 Å². The van der Waals surface area contributed by atoms with Gasteiger partial charge in [0.2, 0.25) is 0 Å². The van der Waals surface area contributed by atoms with Crippen LogP contribution in [0.15, 0.2) is 41.2 Å². The number of aryl methyl sites for hydroxylation is 1. The van der Waals surface area contributed by atoms with Crippen molar-refractivity contribution in [2.75, 3.05) is 0 Å². The van der Waals surface area contributed by atoms with Crippen LogP contribution in [0, 0.1) is 0 Å². The highest BCUT2D eigenvalue weighted by molar-refractivity contribution is 7.22. The van der Waals surface area contributed by atoms with Crippen LogP contribution in [-0.2, 0) is 28.3 Å². The van der Waals surface area contributed by atoms with Crippen LogP contribution in [0.25, 0.3) is 10.9 Å². The fourth-order valence-corrected chi connectivity index (χ4v) is 4.39. The van der Waals surface area contributed by atoms with Crippen LogP contribution in [-0.4, -0.2) is 21.5 Å². The number of H-pyrrole nitrogens is 1. The van der Waals surface area contributed by atoms with Gasteiger partial charge in [-0.2, -0.15) is 0 Å². The predicted molar refractivity (Wildman–Crippen MR) is 120 cm³/mol. The van der Waals surface area contributed by atoms with Crippen LogP contribution in [0.3, 0.4) is 0 Å². The molecule has 1 aliphatic rings. The molecule has 0 aliphatic heterocycles. The SMILES string of the molecule is CC(C)(C)OC(=O)c1ccc(CC2CCc3cc4nc(CP=O)[nH]c(=O)c4cc32)cc1. The number of carbonyl (C=O) groups is 1. The maximum absolute atomic E-state index is 12.5. The Morgan fingerprint density at radius 1 is 1.23 bits per heavy atom. The van der Waals surface area contributed by atoms with Crippen molar-refractivity contribution in [2.24, 2.45) is 0 Å². The zero-order valence-corrected chi connectivity index (χ0v) is 18.8. The molecule has 0 fully saturated rings. The van der Waals surface area contributed by atoms with Crippen molar-refractivity contribution in [1.82, 2.24) is 9.97 Å². The van der Waals surface area contributed by atoms with Crippen molar-refractivity contribution in [1.29, 1.82) is 0 Å². The van der Waals surface area contributed by atoms with Gasteiger partial charge in [-0.3, -0.25) is 9.36 Å². The Balaban J connectivity index is 1.56. The summed E-state index contributed by atoms with van der Waals surface area (Å²) in [5, 5.41) is 0.567. The maximum Gasteiger partial charge on any atom is 0.338 e. The summed E-state index contributed by atoms with van der Waals surface area (Å²) in [4.78, 5) is 31.9. The average molecular weight is 436 g/mol. The van der Waals surface area contributed by atoms with Crippen molar-refractivity contribution in [3.05, 3.63) is 74.8 Å². The highest BCUT2D eigenvalue weighted by atomic mass is 31.1. The van der Waals surface area contributed by atoms with Crippen LogP contribution in [0.5, 0.6) is 0 Å². The first-order valence-corrected chi connectivity index (χ1v) is 11.4. The molecule has 0 radical (unpaired) electrons. The molecule has 0 saturated carbocycles. The Morgan fingerprint density at radius 2 is 1.97 bits per heavy atom. The van der Waals surface area contributed by atoms with Crippen molar-refractivity contribution < 1.29 is 14.1 Å². The molecule has 1 aliphatic carbocycles. The lowest BCUT2D eigenvalue weighted by Gasteiger charge is -2.19. The van der Waals surface area contributed by atoms with Crippen molar-refractivity contribution in [3.8, 4) is 0 Å². The minimum atomic E-state index is -0.520. The zero-order valence-electron chi connectivity index (χ0n) is 17.9. The molecule has 0 amide bonds. The van der Waals surface area contributed by atoms with Gasteiger partial charge in [-0.1, -0.05) is 12.1 Å². The minimum absolute atomic E-state index is 0.0674. The fourth-order valence-electron chi connectivity index (χ4n) is 4.12. The van der Waals surface area contributed by atoms with Gasteiger partial charge in [-0.15, -0.1) is 0 Å². The normalized spacial score (nSPS) is 15.9. The molecule has 3 aromatic rings. The Kier molecular flexibility index (Phi) is 5.76. The minimum Gasteiger partial charge on any atom is -0.456 e. The van der Waals surface area contributed by atoms with Gasteiger partial charge in [0.15, 0.2) is 8.46 Å². The largest absolute Gasteiger partial charge is 0.456 e. The quantitative estimate of drug-likeness (QED) is 0.452. The van der Waals surface area contributed by atoms with Gasteiger partial charge in [0, 0.05) is 0 Å². The van der Waals surface area contributed by atoms with Gasteiger partial charge in [0.25, 0.3) is 5.56 Å². The Bertz CT molecular complexity index is 1210. The summed E-state index contributed by atoms with van der Waals surface area (Å²) >= 11 is 0.